The second-order valence-corrected chi connectivity index (χ2v) is 7.84. The Balaban J connectivity index is 0.00000300. The molecule has 0 aliphatic heterocycles. The molecule has 0 atom stereocenters. The average Bonchev–Trinajstić information content (AvgIpc) is 3.10. The Labute approximate surface area is 179 Å². The maximum absolute atomic E-state index is 13.2. The van der Waals surface area contributed by atoms with Gasteiger partial charge in [-0.1, -0.05) is 23.5 Å². The molecule has 0 aliphatic carbocycles. The predicted octanol–water partition coefficient (Wildman–Crippen LogP) is 4.53. The maximum Gasteiger partial charge on any atom is 0.269 e. The number of rotatable bonds is 7. The number of anilines is 1. The molecule has 1 amide bonds. The first-order valence-electron chi connectivity index (χ1n) is 8.94. The summed E-state index contributed by atoms with van der Waals surface area (Å²) in [7, 11) is 3.98. The number of nitrogens with zero attached hydrogens (tertiary/aromatic N) is 4. The quantitative estimate of drug-likeness (QED) is 0.403. The second-order valence-electron chi connectivity index (χ2n) is 6.84. The van der Waals surface area contributed by atoms with Crippen LogP contribution < -0.4 is 4.90 Å². The average molecular weight is 435 g/mol. The Morgan fingerprint density at radius 3 is 2.41 bits per heavy atom. The number of nitro groups is 1. The highest BCUT2D eigenvalue weighted by Crippen LogP contribution is 2.31. The number of nitro benzene ring substituents is 1. The van der Waals surface area contributed by atoms with Gasteiger partial charge in [0.15, 0.2) is 5.13 Å². The van der Waals surface area contributed by atoms with Crippen LogP contribution >= 0.6 is 23.7 Å². The van der Waals surface area contributed by atoms with E-state index in [-0.39, 0.29) is 24.0 Å². The van der Waals surface area contributed by atoms with Crippen molar-refractivity contribution >= 4 is 50.7 Å². The van der Waals surface area contributed by atoms with Gasteiger partial charge in [-0.05, 0) is 57.7 Å². The minimum absolute atomic E-state index is 0. The monoisotopic (exact) mass is 434 g/mol. The summed E-state index contributed by atoms with van der Waals surface area (Å²) >= 11 is 1.48. The number of fused-ring (bicyclic) bond motifs is 1. The first-order chi connectivity index (χ1) is 13.4. The highest BCUT2D eigenvalue weighted by Gasteiger charge is 2.22. The van der Waals surface area contributed by atoms with Gasteiger partial charge in [0.25, 0.3) is 11.6 Å². The molecule has 7 nitrogen and oxygen atoms in total. The molecule has 0 N–H and O–H groups in total. The lowest BCUT2D eigenvalue weighted by Gasteiger charge is -2.21. The first kappa shape index (κ1) is 22.7. The van der Waals surface area contributed by atoms with Gasteiger partial charge in [-0.15, -0.1) is 12.4 Å². The summed E-state index contributed by atoms with van der Waals surface area (Å²) in [5, 5.41) is 11.5. The summed E-state index contributed by atoms with van der Waals surface area (Å²) in [5.41, 5.74) is 2.34. The molecule has 9 heteroatoms. The summed E-state index contributed by atoms with van der Waals surface area (Å²) in [6, 6.07) is 11.7. The van der Waals surface area contributed by atoms with E-state index in [4.69, 9.17) is 4.98 Å². The van der Waals surface area contributed by atoms with Crippen molar-refractivity contribution in [1.82, 2.24) is 9.88 Å². The van der Waals surface area contributed by atoms with Crippen molar-refractivity contribution in [2.75, 3.05) is 32.1 Å². The first-order valence-corrected chi connectivity index (χ1v) is 9.75. The summed E-state index contributed by atoms with van der Waals surface area (Å²) in [5.74, 6) is -0.203. The zero-order valence-electron chi connectivity index (χ0n) is 16.5. The lowest BCUT2D eigenvalue weighted by molar-refractivity contribution is -0.384. The Bertz CT molecular complexity index is 1000. The van der Waals surface area contributed by atoms with Gasteiger partial charge >= 0.3 is 0 Å². The van der Waals surface area contributed by atoms with Gasteiger partial charge in [0.1, 0.15) is 0 Å². The number of non-ortho nitro benzene ring substituents is 1. The number of hydrogen-bond acceptors (Lipinski definition) is 6. The molecule has 1 aromatic heterocycles. The van der Waals surface area contributed by atoms with Crippen LogP contribution in [0.15, 0.2) is 42.5 Å². The molecule has 0 bridgehead atoms. The SMILES string of the molecule is Cc1cccc2sc(N(CCCN(C)C)C(=O)c3ccc([N+](=O)[O-])cc3)nc12.Cl. The molecule has 3 rings (SSSR count). The maximum atomic E-state index is 13.2. The van der Waals surface area contributed by atoms with Crippen LogP contribution in [0.5, 0.6) is 0 Å². The minimum Gasteiger partial charge on any atom is -0.309 e. The highest BCUT2D eigenvalue weighted by atomic mass is 35.5. The molecule has 0 saturated heterocycles. The number of carbonyl (C=O) groups is 1. The number of carbonyl (C=O) groups excluding carboxylic acids is 1. The fourth-order valence-electron chi connectivity index (χ4n) is 2.90. The van der Waals surface area contributed by atoms with Crippen LogP contribution in [0.4, 0.5) is 10.8 Å². The number of thiazole rings is 1. The molecule has 0 aliphatic rings. The van der Waals surface area contributed by atoms with Crippen molar-refractivity contribution in [2.45, 2.75) is 13.3 Å². The molecule has 0 spiro atoms. The Hall–Kier alpha value is -2.55. The number of hydrogen-bond donors (Lipinski definition) is 0. The van der Waals surface area contributed by atoms with Gasteiger partial charge in [0.2, 0.25) is 0 Å². The van der Waals surface area contributed by atoms with E-state index < -0.39 is 4.92 Å². The second kappa shape index (κ2) is 9.78. The van der Waals surface area contributed by atoms with Crippen molar-refractivity contribution in [3.05, 3.63) is 63.7 Å². The molecular weight excluding hydrogens is 412 g/mol. The molecule has 0 unspecified atom stereocenters. The van der Waals surface area contributed by atoms with Gasteiger partial charge < -0.3 is 4.90 Å². The third kappa shape index (κ3) is 5.29. The fourth-order valence-corrected chi connectivity index (χ4v) is 3.97. The Morgan fingerprint density at radius 1 is 1.14 bits per heavy atom. The summed E-state index contributed by atoms with van der Waals surface area (Å²) in [4.78, 5) is 32.0. The molecule has 0 saturated carbocycles. The largest absolute Gasteiger partial charge is 0.309 e. The molecular formula is C20H23ClN4O3S. The van der Waals surface area contributed by atoms with E-state index >= 15 is 0 Å². The number of benzene rings is 2. The van der Waals surface area contributed by atoms with E-state index in [1.54, 1.807) is 4.90 Å². The van der Waals surface area contributed by atoms with E-state index in [1.165, 1.54) is 35.6 Å². The minimum atomic E-state index is -0.473. The van der Waals surface area contributed by atoms with Gasteiger partial charge in [-0.2, -0.15) is 0 Å². The van der Waals surface area contributed by atoms with E-state index in [1.807, 2.05) is 39.2 Å². The molecule has 2 aromatic carbocycles. The van der Waals surface area contributed by atoms with Crippen molar-refractivity contribution in [2.24, 2.45) is 0 Å². The van der Waals surface area contributed by atoms with E-state index in [2.05, 4.69) is 4.90 Å². The third-order valence-corrected chi connectivity index (χ3v) is 5.44. The van der Waals surface area contributed by atoms with E-state index in [9.17, 15) is 14.9 Å². The third-order valence-electron chi connectivity index (χ3n) is 4.40. The normalized spacial score (nSPS) is 10.8. The zero-order chi connectivity index (χ0) is 20.3. The van der Waals surface area contributed by atoms with Crippen LogP contribution in [0, 0.1) is 17.0 Å². The predicted molar refractivity (Wildman–Crippen MR) is 120 cm³/mol. The van der Waals surface area contributed by atoms with Crippen molar-refractivity contribution in [1.29, 1.82) is 0 Å². The van der Waals surface area contributed by atoms with Crippen LogP contribution in [0.1, 0.15) is 22.3 Å². The number of amides is 1. The van der Waals surface area contributed by atoms with Gasteiger partial charge in [-0.3, -0.25) is 19.8 Å². The van der Waals surface area contributed by atoms with E-state index in [0.29, 0.717) is 17.2 Å². The number of halogens is 1. The Morgan fingerprint density at radius 2 is 1.83 bits per heavy atom. The van der Waals surface area contributed by atoms with Crippen LogP contribution in [0.2, 0.25) is 0 Å². The summed E-state index contributed by atoms with van der Waals surface area (Å²) in [6.07, 6.45) is 0.792. The standard InChI is InChI=1S/C20H22N4O3S.ClH/c1-14-6-4-7-17-18(14)21-20(28-17)23(13-5-12-22(2)3)19(25)15-8-10-16(11-9-15)24(26)27;/h4,6-11H,5,12-13H2,1-3H3;1H. The summed E-state index contributed by atoms with van der Waals surface area (Å²) in [6.45, 7) is 3.36. The van der Waals surface area contributed by atoms with Crippen LogP contribution in [-0.4, -0.2) is 47.9 Å². The number of para-hydroxylation sites is 1. The molecule has 29 heavy (non-hydrogen) atoms. The van der Waals surface area contributed by atoms with Crippen LogP contribution in [-0.2, 0) is 0 Å². The molecule has 0 radical (unpaired) electrons. The van der Waals surface area contributed by atoms with Gasteiger partial charge in [0.05, 0.1) is 15.1 Å². The van der Waals surface area contributed by atoms with Gasteiger partial charge in [0, 0.05) is 24.2 Å². The van der Waals surface area contributed by atoms with E-state index in [0.717, 1.165) is 28.7 Å². The molecule has 3 aromatic rings. The van der Waals surface area contributed by atoms with Gasteiger partial charge in [-0.25, -0.2) is 4.98 Å². The van der Waals surface area contributed by atoms with Crippen molar-refractivity contribution < 1.29 is 9.72 Å². The smallest absolute Gasteiger partial charge is 0.269 e. The number of aryl methyl sites for hydroxylation is 1. The molecule has 1 heterocycles. The summed E-state index contributed by atoms with van der Waals surface area (Å²) < 4.78 is 1.03. The molecule has 154 valence electrons. The van der Waals surface area contributed by atoms with Crippen molar-refractivity contribution in [3.63, 3.8) is 0 Å². The van der Waals surface area contributed by atoms with Crippen LogP contribution in [0.25, 0.3) is 10.2 Å². The zero-order valence-corrected chi connectivity index (χ0v) is 18.1. The van der Waals surface area contributed by atoms with Crippen LogP contribution in [0.3, 0.4) is 0 Å². The lowest BCUT2D eigenvalue weighted by Crippen LogP contribution is -2.33. The Kier molecular flexibility index (Phi) is 7.66. The topological polar surface area (TPSA) is 79.6 Å². The lowest BCUT2D eigenvalue weighted by atomic mass is 10.2. The molecule has 0 fully saturated rings. The highest BCUT2D eigenvalue weighted by molar-refractivity contribution is 7.22. The number of aromatic nitrogens is 1. The van der Waals surface area contributed by atoms with Crippen molar-refractivity contribution in [3.8, 4) is 0 Å². The fraction of sp³-hybridized carbons (Fsp3) is 0.300.